The van der Waals surface area contributed by atoms with E-state index in [-0.39, 0.29) is 11.9 Å². The lowest BCUT2D eigenvalue weighted by Gasteiger charge is -2.11. The molecule has 0 fully saturated rings. The molecule has 17 heavy (non-hydrogen) atoms. The summed E-state index contributed by atoms with van der Waals surface area (Å²) < 4.78 is 4.77. The first-order valence-electron chi connectivity index (χ1n) is 5.79. The minimum atomic E-state index is -0.454. The Balaban J connectivity index is 3.53. The Kier molecular flexibility index (Phi) is 9.95. The molecule has 0 aliphatic heterocycles. The van der Waals surface area contributed by atoms with Gasteiger partial charge in [-0.3, -0.25) is 9.59 Å². The molecule has 0 saturated carbocycles. The molecule has 1 amide bonds. The lowest BCUT2D eigenvalue weighted by molar-refractivity contribution is -0.143. The van der Waals surface area contributed by atoms with Gasteiger partial charge in [-0.25, -0.2) is 0 Å². The van der Waals surface area contributed by atoms with Crippen molar-refractivity contribution in [3.05, 3.63) is 0 Å². The number of esters is 1. The highest BCUT2D eigenvalue weighted by Gasteiger charge is 2.12. The molecule has 0 unspecified atom stereocenters. The Morgan fingerprint density at radius 3 is 2.76 bits per heavy atom. The van der Waals surface area contributed by atoms with Crippen LogP contribution < -0.4 is 11.1 Å². The van der Waals surface area contributed by atoms with E-state index in [1.54, 1.807) is 18.7 Å². The van der Waals surface area contributed by atoms with Crippen molar-refractivity contribution in [2.45, 2.75) is 32.2 Å². The molecule has 0 aromatic carbocycles. The highest BCUT2D eigenvalue weighted by molar-refractivity contribution is 7.98. The standard InChI is InChI=1S/C11H22N2O3S/c1-3-16-10(14)5-4-7-13-11(15)9(12)6-8-17-2/h9H,3-8,12H2,1-2H3,(H,13,15)/t9-/m1/s1. The first kappa shape index (κ1) is 16.2. The van der Waals surface area contributed by atoms with Crippen molar-refractivity contribution in [2.24, 2.45) is 5.73 Å². The van der Waals surface area contributed by atoms with E-state index in [1.807, 2.05) is 6.26 Å². The Labute approximate surface area is 107 Å². The lowest BCUT2D eigenvalue weighted by atomic mass is 10.2. The van der Waals surface area contributed by atoms with Crippen LogP contribution in [0.5, 0.6) is 0 Å². The van der Waals surface area contributed by atoms with Crippen LogP contribution >= 0.6 is 11.8 Å². The quantitative estimate of drug-likeness (QED) is 0.468. The summed E-state index contributed by atoms with van der Waals surface area (Å²) >= 11 is 1.66. The average Bonchev–Trinajstić information content (AvgIpc) is 2.31. The van der Waals surface area contributed by atoms with Crippen LogP contribution in [0, 0.1) is 0 Å². The van der Waals surface area contributed by atoms with E-state index in [0.717, 1.165) is 5.75 Å². The van der Waals surface area contributed by atoms with E-state index in [4.69, 9.17) is 10.5 Å². The first-order valence-corrected chi connectivity index (χ1v) is 7.19. The third kappa shape index (κ3) is 9.00. The Morgan fingerprint density at radius 2 is 2.18 bits per heavy atom. The molecule has 0 saturated heterocycles. The molecule has 0 spiro atoms. The molecule has 0 heterocycles. The number of nitrogens with one attached hydrogen (secondary N) is 1. The average molecular weight is 262 g/mol. The summed E-state index contributed by atoms with van der Waals surface area (Å²) in [4.78, 5) is 22.5. The van der Waals surface area contributed by atoms with E-state index in [2.05, 4.69) is 5.32 Å². The van der Waals surface area contributed by atoms with Gasteiger partial charge in [-0.1, -0.05) is 0 Å². The Morgan fingerprint density at radius 1 is 1.47 bits per heavy atom. The monoisotopic (exact) mass is 262 g/mol. The zero-order chi connectivity index (χ0) is 13.1. The van der Waals surface area contributed by atoms with Gasteiger partial charge in [0, 0.05) is 13.0 Å². The van der Waals surface area contributed by atoms with Crippen LogP contribution in [0.25, 0.3) is 0 Å². The van der Waals surface area contributed by atoms with Gasteiger partial charge in [0.05, 0.1) is 12.6 Å². The van der Waals surface area contributed by atoms with Crippen molar-refractivity contribution >= 4 is 23.6 Å². The molecule has 0 rings (SSSR count). The molecular formula is C11H22N2O3S. The molecule has 3 N–H and O–H groups in total. The second-order valence-electron chi connectivity index (χ2n) is 3.59. The van der Waals surface area contributed by atoms with Crippen LogP contribution in [0.1, 0.15) is 26.2 Å². The summed E-state index contributed by atoms with van der Waals surface area (Å²) in [5.74, 6) is 0.494. The van der Waals surface area contributed by atoms with Crippen molar-refractivity contribution in [3.63, 3.8) is 0 Å². The maximum absolute atomic E-state index is 11.5. The highest BCUT2D eigenvalue weighted by Crippen LogP contribution is 1.99. The third-order valence-electron chi connectivity index (χ3n) is 2.13. The third-order valence-corrected chi connectivity index (χ3v) is 2.78. The second-order valence-corrected chi connectivity index (χ2v) is 4.57. The number of nitrogens with two attached hydrogens (primary N) is 1. The van der Waals surface area contributed by atoms with Gasteiger partial charge in [0.15, 0.2) is 0 Å². The van der Waals surface area contributed by atoms with E-state index >= 15 is 0 Å². The summed E-state index contributed by atoms with van der Waals surface area (Å²) in [5, 5.41) is 2.71. The number of hydrogen-bond acceptors (Lipinski definition) is 5. The van der Waals surface area contributed by atoms with Gasteiger partial charge in [-0.05, 0) is 31.8 Å². The van der Waals surface area contributed by atoms with Gasteiger partial charge >= 0.3 is 5.97 Å². The summed E-state index contributed by atoms with van der Waals surface area (Å²) in [6.07, 6.45) is 3.56. The number of amides is 1. The fourth-order valence-corrected chi connectivity index (χ4v) is 1.67. The van der Waals surface area contributed by atoms with E-state index in [0.29, 0.717) is 32.4 Å². The number of ether oxygens (including phenoxy) is 1. The molecule has 0 bridgehead atoms. The first-order chi connectivity index (χ1) is 8.11. The molecule has 100 valence electrons. The van der Waals surface area contributed by atoms with Crippen LogP contribution in [0.15, 0.2) is 0 Å². The molecule has 0 aromatic heterocycles. The number of hydrogen-bond donors (Lipinski definition) is 2. The maximum atomic E-state index is 11.5. The molecule has 1 atom stereocenters. The molecule has 0 aliphatic carbocycles. The zero-order valence-corrected chi connectivity index (χ0v) is 11.3. The number of thioether (sulfide) groups is 1. The molecule has 0 aromatic rings. The molecular weight excluding hydrogens is 240 g/mol. The SMILES string of the molecule is CCOC(=O)CCCNC(=O)[C@H](N)CCSC. The van der Waals surface area contributed by atoms with Crippen molar-refractivity contribution in [1.29, 1.82) is 0 Å². The van der Waals surface area contributed by atoms with Gasteiger partial charge in [0.1, 0.15) is 0 Å². The minimum absolute atomic E-state index is 0.150. The highest BCUT2D eigenvalue weighted by atomic mass is 32.2. The Hall–Kier alpha value is -0.750. The number of carbonyl (C=O) groups excluding carboxylic acids is 2. The van der Waals surface area contributed by atoms with Gasteiger partial charge < -0.3 is 15.8 Å². The lowest BCUT2D eigenvalue weighted by Crippen LogP contribution is -2.41. The molecule has 0 aliphatic rings. The summed E-state index contributed by atoms with van der Waals surface area (Å²) in [6, 6.07) is -0.454. The Bertz CT molecular complexity index is 237. The van der Waals surface area contributed by atoms with Gasteiger partial charge in [0.25, 0.3) is 0 Å². The molecule has 5 nitrogen and oxygen atoms in total. The van der Waals surface area contributed by atoms with Crippen molar-refractivity contribution < 1.29 is 14.3 Å². The normalized spacial score (nSPS) is 11.9. The van der Waals surface area contributed by atoms with Gasteiger partial charge in [-0.2, -0.15) is 11.8 Å². The van der Waals surface area contributed by atoms with Crippen molar-refractivity contribution in [1.82, 2.24) is 5.32 Å². The summed E-state index contributed by atoms with van der Waals surface area (Å²) in [7, 11) is 0. The maximum Gasteiger partial charge on any atom is 0.305 e. The van der Waals surface area contributed by atoms with E-state index in [9.17, 15) is 9.59 Å². The largest absolute Gasteiger partial charge is 0.466 e. The van der Waals surface area contributed by atoms with Crippen LogP contribution in [-0.4, -0.2) is 43.1 Å². The second kappa shape index (κ2) is 10.4. The van der Waals surface area contributed by atoms with Crippen LogP contribution in [0.3, 0.4) is 0 Å². The summed E-state index contributed by atoms with van der Waals surface area (Å²) in [5.41, 5.74) is 5.68. The van der Waals surface area contributed by atoms with E-state index in [1.165, 1.54) is 0 Å². The zero-order valence-electron chi connectivity index (χ0n) is 10.5. The molecule has 6 heteroatoms. The summed E-state index contributed by atoms with van der Waals surface area (Å²) in [6.45, 7) is 2.62. The minimum Gasteiger partial charge on any atom is -0.466 e. The predicted molar refractivity (Wildman–Crippen MR) is 69.9 cm³/mol. The van der Waals surface area contributed by atoms with Crippen molar-refractivity contribution in [3.8, 4) is 0 Å². The topological polar surface area (TPSA) is 81.4 Å². The van der Waals surface area contributed by atoms with Crippen LogP contribution in [0.2, 0.25) is 0 Å². The van der Waals surface area contributed by atoms with Crippen LogP contribution in [-0.2, 0) is 14.3 Å². The van der Waals surface area contributed by atoms with Crippen molar-refractivity contribution in [2.75, 3.05) is 25.2 Å². The number of rotatable bonds is 9. The van der Waals surface area contributed by atoms with E-state index < -0.39 is 6.04 Å². The fraction of sp³-hybridized carbons (Fsp3) is 0.818. The number of carbonyl (C=O) groups is 2. The predicted octanol–water partition coefficient (Wildman–Crippen LogP) is 0.526. The smallest absolute Gasteiger partial charge is 0.305 e. The molecule has 0 radical (unpaired) electrons. The van der Waals surface area contributed by atoms with Crippen LogP contribution in [0.4, 0.5) is 0 Å². The van der Waals surface area contributed by atoms with Gasteiger partial charge in [-0.15, -0.1) is 0 Å². The fourth-order valence-electron chi connectivity index (χ4n) is 1.18. The van der Waals surface area contributed by atoms with Gasteiger partial charge in [0.2, 0.25) is 5.91 Å².